The van der Waals surface area contributed by atoms with Crippen molar-refractivity contribution in [3.05, 3.63) is 53.3 Å². The molecule has 0 bridgehead atoms. The van der Waals surface area contributed by atoms with E-state index in [1.54, 1.807) is 24.4 Å². The Morgan fingerprint density at radius 3 is 2.74 bits per heavy atom. The largest absolute Gasteiger partial charge is 0.508 e. The second-order valence-electron chi connectivity index (χ2n) is 4.49. The molecule has 0 saturated carbocycles. The maximum atomic E-state index is 12.0. The van der Waals surface area contributed by atoms with E-state index in [1.807, 2.05) is 26.0 Å². The van der Waals surface area contributed by atoms with E-state index in [-0.39, 0.29) is 18.1 Å². The molecule has 19 heavy (non-hydrogen) atoms. The normalized spacial score (nSPS) is 10.2. The molecule has 2 N–H and O–H groups in total. The molecule has 1 heterocycles. The molecule has 0 aliphatic rings. The van der Waals surface area contributed by atoms with Crippen LogP contribution >= 0.6 is 0 Å². The number of aromatic nitrogens is 1. The summed E-state index contributed by atoms with van der Waals surface area (Å²) in [7, 11) is 0. The maximum absolute atomic E-state index is 12.0. The third-order valence-corrected chi connectivity index (χ3v) is 2.93. The van der Waals surface area contributed by atoms with Crippen LogP contribution in [-0.4, -0.2) is 16.0 Å². The van der Waals surface area contributed by atoms with Crippen LogP contribution in [0.4, 0.5) is 5.69 Å². The molecule has 1 amide bonds. The zero-order chi connectivity index (χ0) is 13.8. The van der Waals surface area contributed by atoms with Crippen molar-refractivity contribution in [3.8, 4) is 5.75 Å². The van der Waals surface area contributed by atoms with Crippen LogP contribution in [0.3, 0.4) is 0 Å². The third-order valence-electron chi connectivity index (χ3n) is 2.93. The molecule has 0 unspecified atom stereocenters. The summed E-state index contributed by atoms with van der Waals surface area (Å²) in [5.74, 6) is 0.0756. The van der Waals surface area contributed by atoms with Gasteiger partial charge in [0, 0.05) is 11.9 Å². The number of pyridine rings is 1. The van der Waals surface area contributed by atoms with E-state index in [9.17, 15) is 9.90 Å². The highest BCUT2D eigenvalue weighted by Gasteiger charge is 2.08. The average molecular weight is 256 g/mol. The van der Waals surface area contributed by atoms with Crippen LogP contribution in [-0.2, 0) is 11.2 Å². The van der Waals surface area contributed by atoms with Crippen LogP contribution in [0.15, 0.2) is 36.5 Å². The van der Waals surface area contributed by atoms with Gasteiger partial charge in [0.05, 0.1) is 12.1 Å². The predicted octanol–water partition coefficient (Wildman–Crippen LogP) is 2.59. The van der Waals surface area contributed by atoms with Crippen LogP contribution in [0.5, 0.6) is 5.75 Å². The summed E-state index contributed by atoms with van der Waals surface area (Å²) in [5, 5.41) is 12.1. The summed E-state index contributed by atoms with van der Waals surface area (Å²) in [6.07, 6.45) is 1.93. The number of phenols is 1. The van der Waals surface area contributed by atoms with Gasteiger partial charge >= 0.3 is 0 Å². The number of rotatable bonds is 3. The summed E-state index contributed by atoms with van der Waals surface area (Å²) in [4.78, 5) is 16.2. The topological polar surface area (TPSA) is 62.2 Å². The molecule has 0 atom stereocenters. The number of carbonyl (C=O) groups is 1. The smallest absolute Gasteiger partial charge is 0.230 e. The second kappa shape index (κ2) is 5.52. The quantitative estimate of drug-likeness (QED) is 0.830. The molecule has 2 aromatic rings. The Balaban J connectivity index is 2.08. The van der Waals surface area contributed by atoms with E-state index in [0.717, 1.165) is 16.8 Å². The summed E-state index contributed by atoms with van der Waals surface area (Å²) in [6, 6.07) is 8.63. The van der Waals surface area contributed by atoms with Gasteiger partial charge in [0.25, 0.3) is 0 Å². The monoisotopic (exact) mass is 256 g/mol. The number of aryl methyl sites for hydroxylation is 2. The minimum absolute atomic E-state index is 0.115. The van der Waals surface area contributed by atoms with E-state index in [2.05, 4.69) is 10.3 Å². The molecule has 2 rings (SSSR count). The summed E-state index contributed by atoms with van der Waals surface area (Å²) >= 11 is 0. The maximum Gasteiger partial charge on any atom is 0.230 e. The zero-order valence-corrected chi connectivity index (χ0v) is 11.0. The fourth-order valence-corrected chi connectivity index (χ4v) is 1.84. The number of hydrogen-bond acceptors (Lipinski definition) is 3. The van der Waals surface area contributed by atoms with Crippen molar-refractivity contribution >= 4 is 11.6 Å². The van der Waals surface area contributed by atoms with Crippen LogP contribution in [0, 0.1) is 13.8 Å². The summed E-state index contributed by atoms with van der Waals surface area (Å²) in [6.45, 7) is 3.77. The van der Waals surface area contributed by atoms with Crippen molar-refractivity contribution in [1.82, 2.24) is 4.98 Å². The Labute approximate surface area is 112 Å². The molecule has 4 nitrogen and oxygen atoms in total. The second-order valence-corrected chi connectivity index (χ2v) is 4.49. The molecule has 0 aliphatic carbocycles. The van der Waals surface area contributed by atoms with Crippen molar-refractivity contribution in [3.63, 3.8) is 0 Å². The van der Waals surface area contributed by atoms with Crippen molar-refractivity contribution in [2.75, 3.05) is 5.32 Å². The minimum atomic E-state index is -0.115. The van der Waals surface area contributed by atoms with Gasteiger partial charge in [0.1, 0.15) is 5.75 Å². The lowest BCUT2D eigenvalue weighted by molar-refractivity contribution is -0.115. The number of nitrogens with one attached hydrogen (secondary N) is 1. The summed E-state index contributed by atoms with van der Waals surface area (Å²) < 4.78 is 0. The SMILES string of the molecule is Cc1cc(O)ccc1NC(=O)Cc1ncccc1C. The Kier molecular flexibility index (Phi) is 3.80. The summed E-state index contributed by atoms with van der Waals surface area (Å²) in [5.41, 5.74) is 3.30. The van der Waals surface area contributed by atoms with Crippen LogP contribution in [0.2, 0.25) is 0 Å². The van der Waals surface area contributed by atoms with Gasteiger partial charge in [-0.15, -0.1) is 0 Å². The fraction of sp³-hybridized carbons (Fsp3) is 0.200. The Morgan fingerprint density at radius 2 is 2.05 bits per heavy atom. The standard InChI is InChI=1S/C15H16N2O2/c1-10-4-3-7-16-14(10)9-15(19)17-13-6-5-12(18)8-11(13)2/h3-8,18H,9H2,1-2H3,(H,17,19). The third kappa shape index (κ3) is 3.31. The van der Waals surface area contributed by atoms with Crippen molar-refractivity contribution in [2.45, 2.75) is 20.3 Å². The van der Waals surface area contributed by atoms with Gasteiger partial charge in [-0.3, -0.25) is 9.78 Å². The molecule has 0 spiro atoms. The van der Waals surface area contributed by atoms with E-state index in [1.165, 1.54) is 0 Å². The first-order chi connectivity index (χ1) is 9.06. The Bertz CT molecular complexity index is 609. The zero-order valence-electron chi connectivity index (χ0n) is 11.0. The number of hydrogen-bond donors (Lipinski definition) is 2. The first kappa shape index (κ1) is 13.1. The number of phenolic OH excluding ortho intramolecular Hbond substituents is 1. The highest BCUT2D eigenvalue weighted by Crippen LogP contribution is 2.20. The lowest BCUT2D eigenvalue weighted by Gasteiger charge is -2.09. The average Bonchev–Trinajstić information content (AvgIpc) is 2.36. The highest BCUT2D eigenvalue weighted by molar-refractivity contribution is 5.92. The number of carbonyl (C=O) groups excluding carboxylic acids is 1. The molecule has 0 radical (unpaired) electrons. The van der Waals surface area contributed by atoms with Crippen LogP contribution in [0.1, 0.15) is 16.8 Å². The molecule has 1 aromatic carbocycles. The first-order valence-corrected chi connectivity index (χ1v) is 6.06. The first-order valence-electron chi connectivity index (χ1n) is 6.06. The van der Waals surface area contributed by atoms with Crippen molar-refractivity contribution in [2.24, 2.45) is 0 Å². The molecule has 98 valence electrons. The Morgan fingerprint density at radius 1 is 1.26 bits per heavy atom. The van der Waals surface area contributed by atoms with E-state index >= 15 is 0 Å². The number of amides is 1. The number of aromatic hydroxyl groups is 1. The van der Waals surface area contributed by atoms with Crippen molar-refractivity contribution in [1.29, 1.82) is 0 Å². The molecule has 4 heteroatoms. The van der Waals surface area contributed by atoms with E-state index < -0.39 is 0 Å². The lowest BCUT2D eigenvalue weighted by atomic mass is 10.1. The van der Waals surface area contributed by atoms with E-state index in [4.69, 9.17) is 0 Å². The van der Waals surface area contributed by atoms with Gasteiger partial charge < -0.3 is 10.4 Å². The minimum Gasteiger partial charge on any atom is -0.508 e. The number of anilines is 1. The number of benzene rings is 1. The van der Waals surface area contributed by atoms with Crippen LogP contribution in [0.25, 0.3) is 0 Å². The molecular weight excluding hydrogens is 240 g/mol. The van der Waals surface area contributed by atoms with Gasteiger partial charge in [-0.2, -0.15) is 0 Å². The van der Waals surface area contributed by atoms with Gasteiger partial charge in [-0.05, 0) is 49.2 Å². The lowest BCUT2D eigenvalue weighted by Crippen LogP contribution is -2.16. The molecular formula is C15H16N2O2. The highest BCUT2D eigenvalue weighted by atomic mass is 16.3. The van der Waals surface area contributed by atoms with Crippen molar-refractivity contribution < 1.29 is 9.90 Å². The molecule has 0 aliphatic heterocycles. The fourth-order valence-electron chi connectivity index (χ4n) is 1.84. The molecule has 0 saturated heterocycles. The number of nitrogens with zero attached hydrogens (tertiary/aromatic N) is 1. The molecule has 1 aromatic heterocycles. The van der Waals surface area contributed by atoms with Gasteiger partial charge in [0.2, 0.25) is 5.91 Å². The molecule has 0 fully saturated rings. The Hall–Kier alpha value is -2.36. The van der Waals surface area contributed by atoms with E-state index in [0.29, 0.717) is 5.69 Å². The van der Waals surface area contributed by atoms with Gasteiger partial charge in [0.15, 0.2) is 0 Å². The van der Waals surface area contributed by atoms with Gasteiger partial charge in [-0.25, -0.2) is 0 Å². The van der Waals surface area contributed by atoms with Gasteiger partial charge in [-0.1, -0.05) is 6.07 Å². The van der Waals surface area contributed by atoms with Crippen LogP contribution < -0.4 is 5.32 Å². The predicted molar refractivity (Wildman–Crippen MR) is 74.2 cm³/mol.